The molecule has 0 saturated carbocycles. The molecule has 0 radical (unpaired) electrons. The number of pyridine rings is 2. The molecule has 2 amide bonds. The Bertz CT molecular complexity index is 6980. The number of rotatable bonds is 16. The molecule has 0 aliphatic heterocycles. The Morgan fingerprint density at radius 1 is 0.412 bits per heavy atom. The number of likely N-dealkylation sites (N-methyl/N-ethyl adjacent to an activating group) is 2. The van der Waals surface area contributed by atoms with E-state index in [4.69, 9.17) is 126 Å². The number of fused-ring (bicyclic) bond motifs is 7. The fourth-order valence-electron chi connectivity index (χ4n) is 11.5. The Labute approximate surface area is 820 Å². The van der Waals surface area contributed by atoms with Crippen molar-refractivity contribution in [3.05, 3.63) is 339 Å². The van der Waals surface area contributed by atoms with Crippen molar-refractivity contribution in [1.82, 2.24) is 25.1 Å². The van der Waals surface area contributed by atoms with Crippen molar-refractivity contribution in [2.45, 2.75) is 26.2 Å². The molecule has 0 fully saturated rings. The standard InChI is InChI=1S/2C18H15ClFN3OS.C10H9ClFNS.2C9H3Cl2FOS.C9H6ClFOS.C9H4ClFOS.C9H7FO2.ClH/c2*1-23(16(24)8-6-11-5-7-15(21)22-9-11)10-14-17(19)12-3-2-4-13(20)18(12)25-14;1-13-5-8-9(11)6-3-2-4-7(12)10(6)14-8;10-7-5-3-4(12)1-2-6(5)14-8(7)9(11)13;10-6-4-2-1-3-5(12)7(4)14-8(6)9(11)13;2*10-8-5-2-1-3-6(11)9(5)13-7(8)4-12;10-8-3-1-2-7(6-8)4-5-9(11)12;/h2*2-9H,10H2,1H3,(H2,21,22);2-4,13H,5H2,1H3;2*1-3H;1-3,12H,4H2;1-4H;1-6H,(H,11,12);1H/b2*8-6+;;;;;;5-4+;. The first kappa shape index (κ1) is 105. The van der Waals surface area contributed by atoms with Crippen molar-refractivity contribution >= 4 is 331 Å². The van der Waals surface area contributed by atoms with E-state index in [0.717, 1.165) is 75.9 Å². The number of aliphatic hydroxyl groups excluding tert-OH is 1. The molecule has 131 heavy (non-hydrogen) atoms. The minimum absolute atomic E-state index is 0. The third-order valence-electron chi connectivity index (χ3n) is 17.7. The van der Waals surface area contributed by atoms with Crippen LogP contribution in [0.4, 0.5) is 46.8 Å². The predicted molar refractivity (Wildman–Crippen MR) is 531 cm³/mol. The van der Waals surface area contributed by atoms with Crippen molar-refractivity contribution in [2.75, 3.05) is 32.6 Å². The molecule has 15 nitrogen and oxygen atoms in total. The monoisotopic (exact) mass is 2110 g/mol. The number of carboxylic acid groups (broad SMARTS) is 1. The van der Waals surface area contributed by atoms with Gasteiger partial charge in [0.05, 0.1) is 87.9 Å². The number of carbonyl (C=O) groups excluding carboxylic acids is 5. The Hall–Kier alpha value is -9.72. The molecular weight excluding hydrogens is 2050 g/mol. The minimum Gasteiger partial charge on any atom is -0.478 e. The number of nitrogens with one attached hydrogen (secondary N) is 1. The van der Waals surface area contributed by atoms with E-state index in [-0.39, 0.29) is 91.3 Å². The third-order valence-corrected chi connectivity index (χ3v) is 30.3. The van der Waals surface area contributed by atoms with E-state index < -0.39 is 22.3 Å². The number of thiophene rings is 7. The summed E-state index contributed by atoms with van der Waals surface area (Å²) in [4.78, 5) is 81.8. The van der Waals surface area contributed by atoms with Crippen LogP contribution in [-0.4, -0.2) is 85.7 Å². The fourth-order valence-corrected chi connectivity index (χ4v) is 21.9. The number of nitrogens with zero attached hydrogens (tertiary/aromatic N) is 4. The highest BCUT2D eigenvalue weighted by molar-refractivity contribution is 7.24. The quantitative estimate of drug-likeness (QED) is 0.0262. The van der Waals surface area contributed by atoms with Crippen LogP contribution in [0.15, 0.2) is 207 Å². The third kappa shape index (κ3) is 27.5. The summed E-state index contributed by atoms with van der Waals surface area (Å²) in [6.07, 6.45) is 12.4. The lowest BCUT2D eigenvalue weighted by Gasteiger charge is -2.14. The van der Waals surface area contributed by atoms with Gasteiger partial charge in [-0.25, -0.2) is 49.9 Å². The first-order chi connectivity index (χ1) is 62.0. The zero-order valence-electron chi connectivity index (χ0n) is 67.2. The van der Waals surface area contributed by atoms with Gasteiger partial charge in [0.15, 0.2) is 6.29 Å². The number of anilines is 2. The zero-order valence-corrected chi connectivity index (χ0v) is 80.6. The summed E-state index contributed by atoms with van der Waals surface area (Å²) in [5, 5.41) is 26.3. The average Bonchev–Trinajstić information content (AvgIpc) is 1.67. The number of aldehydes is 1. The van der Waals surface area contributed by atoms with Gasteiger partial charge < -0.3 is 36.8 Å². The van der Waals surface area contributed by atoms with Gasteiger partial charge in [0.2, 0.25) is 11.8 Å². The summed E-state index contributed by atoms with van der Waals surface area (Å²) >= 11 is 61.2. The maximum atomic E-state index is 13.9. The van der Waals surface area contributed by atoms with Crippen LogP contribution < -0.4 is 16.8 Å². The van der Waals surface area contributed by atoms with Gasteiger partial charge in [-0.15, -0.1) is 91.8 Å². The molecule has 8 aromatic carbocycles. The summed E-state index contributed by atoms with van der Waals surface area (Å²) in [5.41, 5.74) is 13.1. The van der Waals surface area contributed by atoms with Crippen molar-refractivity contribution in [2.24, 2.45) is 0 Å². The highest BCUT2D eigenvalue weighted by Crippen LogP contribution is 2.44. The SMILES string of the molecule is CN(Cc1sc2c(F)cccc2c1Cl)C(=O)/C=C/c1ccc(N)nc1.CN(Cc1sc2c(F)cccc2c1Cl)C(=O)/C=C/c1ccc(N)nc1.CNCc1sc2c(F)cccc2c1Cl.Cl.O=C(Cl)c1sc2c(F)cccc2c1Cl.O=C(Cl)c1sc2ccc(F)cc2c1Cl.O=C(O)/C=C/c1cccc(F)c1.O=Cc1sc2c(F)cccc2c1Cl.OCc1sc2c(F)cccc2c1Cl. The zero-order chi connectivity index (χ0) is 94.5. The maximum Gasteiger partial charge on any atom is 0.328 e. The molecular formula is C91H63Cl10F8N7O8S7. The number of carbonyl (C=O) groups is 6. The van der Waals surface area contributed by atoms with E-state index in [1.165, 1.54) is 140 Å². The van der Waals surface area contributed by atoms with Crippen LogP contribution in [0.3, 0.4) is 0 Å². The lowest BCUT2D eigenvalue weighted by molar-refractivity contribution is -0.131. The first-order valence-corrected chi connectivity index (χ1v) is 46.2. The number of aromatic nitrogens is 2. The molecule has 40 heteroatoms. The number of hydrogen-bond donors (Lipinski definition) is 5. The molecule has 0 aliphatic carbocycles. The van der Waals surface area contributed by atoms with Crippen LogP contribution in [0.2, 0.25) is 35.2 Å². The van der Waals surface area contributed by atoms with Crippen LogP contribution in [0.5, 0.6) is 0 Å². The largest absolute Gasteiger partial charge is 0.478 e. The average molecular weight is 2110 g/mol. The van der Waals surface area contributed by atoms with Gasteiger partial charge in [-0.1, -0.05) is 166 Å². The van der Waals surface area contributed by atoms with Gasteiger partial charge in [-0.2, -0.15) is 0 Å². The number of halogens is 18. The van der Waals surface area contributed by atoms with Crippen LogP contribution in [0.25, 0.3) is 88.8 Å². The molecule has 9 aromatic heterocycles. The second kappa shape index (κ2) is 49.3. The minimum atomic E-state index is -1.04. The Balaban J connectivity index is 0.000000171. The molecule has 0 bridgehead atoms. The molecule has 17 aromatic rings. The molecule has 0 unspecified atom stereocenters. The summed E-state index contributed by atoms with van der Waals surface area (Å²) in [6, 6.07) is 45.2. The van der Waals surface area contributed by atoms with Gasteiger partial charge in [0, 0.05) is 113 Å². The lowest BCUT2D eigenvalue weighted by atomic mass is 10.2. The maximum absolute atomic E-state index is 13.9. The predicted octanol–water partition coefficient (Wildman–Crippen LogP) is 29.3. The normalized spacial score (nSPS) is 10.9. The molecule has 7 N–H and O–H groups in total. The second-order valence-electron chi connectivity index (χ2n) is 26.6. The van der Waals surface area contributed by atoms with Gasteiger partial charge in [-0.3, -0.25) is 24.0 Å². The van der Waals surface area contributed by atoms with Gasteiger partial charge in [0.25, 0.3) is 10.5 Å². The van der Waals surface area contributed by atoms with E-state index in [1.807, 2.05) is 13.1 Å². The molecule has 9 heterocycles. The topological polar surface area (TPSA) is 239 Å². The molecule has 0 spiro atoms. The van der Waals surface area contributed by atoms with Gasteiger partial charge in [0.1, 0.15) is 67.9 Å². The molecule has 0 atom stereocenters. The van der Waals surface area contributed by atoms with Crippen molar-refractivity contribution < 1.29 is 74.1 Å². The van der Waals surface area contributed by atoms with Crippen LogP contribution in [0, 0.1) is 46.5 Å². The van der Waals surface area contributed by atoms with Crippen molar-refractivity contribution in [3.63, 3.8) is 0 Å². The number of aliphatic hydroxyl groups is 1. The van der Waals surface area contributed by atoms with Gasteiger partial charge >= 0.3 is 5.97 Å². The number of aliphatic carboxylic acids is 1. The first-order valence-electron chi connectivity index (χ1n) is 37.1. The molecule has 0 aliphatic rings. The number of amides is 2. The number of nitrogen functional groups attached to an aromatic ring is 2. The van der Waals surface area contributed by atoms with Crippen LogP contribution in [-0.2, 0) is 40.6 Å². The Kier molecular flexibility index (Phi) is 39.5. The Morgan fingerprint density at radius 2 is 0.763 bits per heavy atom. The highest BCUT2D eigenvalue weighted by Gasteiger charge is 2.23. The summed E-state index contributed by atoms with van der Waals surface area (Å²) in [5.74, 6) is -3.15. The van der Waals surface area contributed by atoms with Gasteiger partial charge in [-0.05, 0) is 156 Å². The van der Waals surface area contributed by atoms with Crippen LogP contribution in [0.1, 0.15) is 65.2 Å². The number of carboxylic acids is 1. The van der Waals surface area contributed by atoms with E-state index in [2.05, 4.69) is 15.3 Å². The van der Waals surface area contributed by atoms with E-state index in [9.17, 15) is 63.9 Å². The van der Waals surface area contributed by atoms with Crippen LogP contribution >= 0.6 is 196 Å². The second-order valence-corrected chi connectivity index (χ2v) is 37.5. The lowest BCUT2D eigenvalue weighted by Crippen LogP contribution is -2.23. The molecule has 17 rings (SSSR count). The van der Waals surface area contributed by atoms with E-state index in [0.29, 0.717) is 139 Å². The number of nitrogens with two attached hydrogens (primary N) is 2. The molecule has 678 valence electrons. The summed E-state index contributed by atoms with van der Waals surface area (Å²) in [6.45, 7) is 1.15. The number of hydrogen-bond acceptors (Lipinski definition) is 19. The smallest absolute Gasteiger partial charge is 0.328 e. The van der Waals surface area contributed by atoms with E-state index >= 15 is 0 Å². The molecule has 0 saturated heterocycles. The fraction of sp³-hybridized carbons (Fsp3) is 0.0769. The Morgan fingerprint density at radius 3 is 1.13 bits per heavy atom. The summed E-state index contributed by atoms with van der Waals surface area (Å²) < 4.78 is 110. The highest BCUT2D eigenvalue weighted by atomic mass is 35.5. The summed E-state index contributed by atoms with van der Waals surface area (Å²) in [7, 11) is 5.19. The van der Waals surface area contributed by atoms with Crippen molar-refractivity contribution in [3.8, 4) is 0 Å². The van der Waals surface area contributed by atoms with Crippen molar-refractivity contribution in [1.29, 1.82) is 0 Å². The number of benzene rings is 8. The van der Waals surface area contributed by atoms with E-state index in [1.54, 1.807) is 142 Å².